The quantitative estimate of drug-likeness (QED) is 0.621. The molecule has 0 amide bonds. The highest BCUT2D eigenvalue weighted by Gasteiger charge is 1.98. The van der Waals surface area contributed by atoms with E-state index in [1.807, 2.05) is 30.3 Å². The highest BCUT2D eigenvalue weighted by atomic mass is 36.0. The number of hydrogen-bond donors (Lipinski definition) is 0. The third-order valence-corrected chi connectivity index (χ3v) is 2.20. The molecule has 3 nitrogen and oxygen atoms in total. The van der Waals surface area contributed by atoms with E-state index >= 15 is 0 Å². The molecule has 0 spiro atoms. The first-order valence-corrected chi connectivity index (χ1v) is 8.13. The smallest absolute Gasteiger partial charge is 0.198 e. The molecule has 2 aromatic heterocycles. The molecule has 0 aliphatic rings. The van der Waals surface area contributed by atoms with Gasteiger partial charge in [0.15, 0.2) is 31.0 Å². The lowest BCUT2D eigenvalue weighted by molar-refractivity contribution is 0.620. The van der Waals surface area contributed by atoms with Gasteiger partial charge in [0, 0.05) is 18.0 Å². The zero-order valence-electron chi connectivity index (χ0n) is 9.09. The first kappa shape index (κ1) is 15.5. The van der Waals surface area contributed by atoms with Gasteiger partial charge in [0.1, 0.15) is 0 Å². The predicted molar refractivity (Wildman–Crippen MR) is 76.9 cm³/mol. The van der Waals surface area contributed by atoms with Crippen molar-refractivity contribution >= 4 is 42.6 Å². The van der Waals surface area contributed by atoms with Crippen LogP contribution < -0.4 is 0 Å². The Morgan fingerprint density at radius 1 is 1.11 bits per heavy atom. The average Bonchev–Trinajstić information content (AvgIpc) is 2.39. The number of rotatable bonds is 2. The molecule has 0 unspecified atom stereocenters. The molecule has 0 aliphatic heterocycles. The largest absolute Gasteiger partial charge is 0.582 e. The van der Waals surface area contributed by atoms with E-state index < -0.39 is 9.60 Å². The van der Waals surface area contributed by atoms with Crippen molar-refractivity contribution in [1.29, 1.82) is 0 Å². The molecule has 2 heterocycles. The van der Waals surface area contributed by atoms with Crippen LogP contribution in [0, 0.1) is 0 Å². The van der Waals surface area contributed by atoms with E-state index in [-0.39, 0.29) is 0 Å². The topological polar surface area (TPSA) is 48.8 Å². The fourth-order valence-corrected chi connectivity index (χ4v) is 1.35. The third-order valence-electron chi connectivity index (χ3n) is 1.92. The maximum absolute atomic E-state index is 9.09. The first-order chi connectivity index (χ1) is 8.63. The van der Waals surface area contributed by atoms with Crippen LogP contribution in [0.4, 0.5) is 0 Å². The Bertz CT molecular complexity index is 451. The molecule has 2 rings (SSSR count). The van der Waals surface area contributed by atoms with Gasteiger partial charge in [-0.25, -0.2) is 0 Å². The van der Waals surface area contributed by atoms with E-state index in [0.717, 1.165) is 17.0 Å². The van der Waals surface area contributed by atoms with Gasteiger partial charge in [-0.2, -0.15) is 0 Å². The summed E-state index contributed by atoms with van der Waals surface area (Å²) in [5.74, 6) is 0.447. The zero-order chi connectivity index (χ0) is 13.4. The van der Waals surface area contributed by atoms with Gasteiger partial charge in [-0.05, 0) is 24.3 Å². The Hall–Kier alpha value is -0.520. The van der Waals surface area contributed by atoms with Crippen LogP contribution in [0.1, 0.15) is 5.69 Å². The van der Waals surface area contributed by atoms with Crippen molar-refractivity contribution in [3.05, 3.63) is 48.4 Å². The molecular weight excluding hydrogens is 315 g/mol. The van der Waals surface area contributed by atoms with Gasteiger partial charge < -0.3 is 4.55 Å². The van der Waals surface area contributed by atoms with Crippen molar-refractivity contribution in [3.63, 3.8) is 0 Å². The minimum Gasteiger partial charge on any atom is -0.582 e. The highest BCUT2D eigenvalue weighted by Crippen LogP contribution is 2.15. The van der Waals surface area contributed by atoms with E-state index in [4.69, 9.17) is 16.2 Å². The second-order valence-electron chi connectivity index (χ2n) is 3.07. The number of alkyl halides is 1. The molecule has 96 valence electrons. The lowest BCUT2D eigenvalue weighted by Crippen LogP contribution is -1.87. The number of aromatic nitrogens is 2. The van der Waals surface area contributed by atoms with Crippen LogP contribution in [0.5, 0.6) is 0 Å². The Morgan fingerprint density at radius 3 is 2.28 bits per heavy atom. The molecule has 7 heteroatoms. The van der Waals surface area contributed by atoms with Crippen LogP contribution in [-0.2, 0) is 15.5 Å². The van der Waals surface area contributed by atoms with Crippen LogP contribution in [-0.4, -0.2) is 14.5 Å². The normalized spacial score (nSPS) is 9.83. The Kier molecular flexibility index (Phi) is 7.39. The second kappa shape index (κ2) is 8.56. The molecule has 0 fully saturated rings. The fourth-order valence-electron chi connectivity index (χ4n) is 1.19. The average molecular weight is 324 g/mol. The minimum absolute atomic E-state index is 0.447. The van der Waals surface area contributed by atoms with E-state index in [2.05, 4.69) is 31.3 Å². The Labute approximate surface area is 122 Å². The SMILES string of the molecule is ClCc1ccc(-c2ccccn2)cn1.[O-][S+](Cl)Cl. The van der Waals surface area contributed by atoms with Crippen LogP contribution in [0.3, 0.4) is 0 Å². The van der Waals surface area contributed by atoms with Crippen molar-refractivity contribution in [2.45, 2.75) is 5.88 Å². The van der Waals surface area contributed by atoms with Crippen molar-refractivity contribution < 1.29 is 4.55 Å². The van der Waals surface area contributed by atoms with Gasteiger partial charge in [0.05, 0.1) is 17.3 Å². The van der Waals surface area contributed by atoms with E-state index in [9.17, 15) is 0 Å². The van der Waals surface area contributed by atoms with Crippen molar-refractivity contribution in [1.82, 2.24) is 9.97 Å². The predicted octanol–water partition coefficient (Wildman–Crippen LogP) is 3.93. The molecule has 0 atom stereocenters. The maximum Gasteiger partial charge on any atom is 0.198 e. The van der Waals surface area contributed by atoms with Gasteiger partial charge in [0.25, 0.3) is 0 Å². The van der Waals surface area contributed by atoms with Crippen molar-refractivity contribution in [2.24, 2.45) is 0 Å². The minimum atomic E-state index is -1.67. The van der Waals surface area contributed by atoms with Gasteiger partial charge in [0.2, 0.25) is 0 Å². The summed E-state index contributed by atoms with van der Waals surface area (Å²) in [6, 6.07) is 9.70. The van der Waals surface area contributed by atoms with Crippen LogP contribution in [0.2, 0.25) is 0 Å². The maximum atomic E-state index is 9.09. The third kappa shape index (κ3) is 5.89. The summed E-state index contributed by atoms with van der Waals surface area (Å²) < 4.78 is 9.09. The number of hydrogen-bond acceptors (Lipinski definition) is 3. The zero-order valence-corrected chi connectivity index (χ0v) is 12.2. The summed E-state index contributed by atoms with van der Waals surface area (Å²) in [5.41, 5.74) is 2.83. The molecule has 0 saturated heterocycles. The summed E-state index contributed by atoms with van der Waals surface area (Å²) in [7, 11) is 7.36. The molecule has 0 bridgehead atoms. The van der Waals surface area contributed by atoms with Crippen LogP contribution in [0.25, 0.3) is 11.3 Å². The van der Waals surface area contributed by atoms with Gasteiger partial charge in [-0.1, -0.05) is 6.07 Å². The Morgan fingerprint density at radius 2 is 1.83 bits per heavy atom. The van der Waals surface area contributed by atoms with Crippen molar-refractivity contribution in [3.8, 4) is 11.3 Å². The van der Waals surface area contributed by atoms with Crippen LogP contribution >= 0.6 is 33.0 Å². The van der Waals surface area contributed by atoms with Gasteiger partial charge >= 0.3 is 0 Å². The summed E-state index contributed by atoms with van der Waals surface area (Å²) in [5, 5.41) is 0. The van der Waals surface area contributed by atoms with Crippen LogP contribution in [0.15, 0.2) is 42.7 Å². The number of nitrogens with zero attached hydrogens (tertiary/aromatic N) is 2. The molecule has 0 aliphatic carbocycles. The molecule has 18 heavy (non-hydrogen) atoms. The number of pyridine rings is 2. The highest BCUT2D eigenvalue weighted by molar-refractivity contribution is 8.31. The molecule has 0 radical (unpaired) electrons. The van der Waals surface area contributed by atoms with Gasteiger partial charge in [-0.3, -0.25) is 9.97 Å². The van der Waals surface area contributed by atoms with E-state index in [1.165, 1.54) is 0 Å². The number of halogens is 3. The monoisotopic (exact) mass is 322 g/mol. The molecule has 0 saturated carbocycles. The molecule has 2 aromatic rings. The summed E-state index contributed by atoms with van der Waals surface area (Å²) >= 11 is 5.65. The van der Waals surface area contributed by atoms with E-state index in [0.29, 0.717) is 5.88 Å². The van der Waals surface area contributed by atoms with E-state index in [1.54, 1.807) is 12.4 Å². The summed E-state index contributed by atoms with van der Waals surface area (Å²) in [6.07, 6.45) is 3.56. The Balaban J connectivity index is 0.000000357. The lowest BCUT2D eigenvalue weighted by Gasteiger charge is -2.00. The second-order valence-corrected chi connectivity index (χ2v) is 5.86. The van der Waals surface area contributed by atoms with Gasteiger partial charge in [-0.15, -0.1) is 11.6 Å². The summed E-state index contributed by atoms with van der Waals surface area (Å²) in [6.45, 7) is 0. The standard InChI is InChI=1S/C11H9ClN2.Cl2OS/c12-7-10-5-4-9(8-14-10)11-3-1-2-6-13-11;1-4(2)3/h1-6,8H,7H2;. The van der Waals surface area contributed by atoms with Crippen molar-refractivity contribution in [2.75, 3.05) is 0 Å². The summed E-state index contributed by atoms with van der Waals surface area (Å²) in [4.78, 5) is 8.43. The lowest BCUT2D eigenvalue weighted by atomic mass is 10.2. The molecular formula is C11H9Cl3N2OS. The molecule has 0 aromatic carbocycles. The molecule has 0 N–H and O–H groups in total. The first-order valence-electron chi connectivity index (χ1n) is 4.80. The fraction of sp³-hybridized carbons (Fsp3) is 0.0909.